The highest BCUT2D eigenvalue weighted by molar-refractivity contribution is 6.30. The number of fused-ring (bicyclic) bond motifs is 1. The fourth-order valence-electron chi connectivity index (χ4n) is 2.31. The number of hydrogen-bond acceptors (Lipinski definition) is 1. The van der Waals surface area contributed by atoms with E-state index in [1.807, 2.05) is 60.7 Å². The van der Waals surface area contributed by atoms with Crippen LogP contribution in [0.4, 0.5) is 0 Å². The van der Waals surface area contributed by atoms with Crippen molar-refractivity contribution in [1.29, 1.82) is 0 Å². The number of hydrogen-bond donors (Lipinski definition) is 0. The fourth-order valence-corrected chi connectivity index (χ4v) is 2.43. The Bertz CT molecular complexity index is 745. The summed E-state index contributed by atoms with van der Waals surface area (Å²) >= 11 is 5.92. The van der Waals surface area contributed by atoms with Gasteiger partial charge in [-0.25, -0.2) is 0 Å². The molecule has 0 atom stereocenters. The number of rotatable bonds is 2. The lowest BCUT2D eigenvalue weighted by Gasteiger charge is -2.08. The molecule has 0 aliphatic rings. The van der Waals surface area contributed by atoms with Gasteiger partial charge in [0.1, 0.15) is 0 Å². The van der Waals surface area contributed by atoms with Crippen LogP contribution in [-0.4, -0.2) is 6.29 Å². The lowest BCUT2D eigenvalue weighted by molar-refractivity contribution is 0.112. The Balaban J connectivity index is 2.30. The van der Waals surface area contributed by atoms with Crippen molar-refractivity contribution in [1.82, 2.24) is 0 Å². The van der Waals surface area contributed by atoms with Crippen molar-refractivity contribution in [3.05, 3.63) is 71.2 Å². The number of aldehydes is 1. The Hall–Kier alpha value is -2.12. The summed E-state index contributed by atoms with van der Waals surface area (Å²) in [6.07, 6.45) is 0.897. The molecule has 0 spiro atoms. The van der Waals surface area contributed by atoms with Gasteiger partial charge >= 0.3 is 0 Å². The molecule has 1 nitrogen and oxygen atoms in total. The SMILES string of the molecule is O=Cc1ccc(-c2ccc(Cl)cc2)c2ccccc12. The highest BCUT2D eigenvalue weighted by atomic mass is 35.5. The smallest absolute Gasteiger partial charge is 0.150 e. The van der Waals surface area contributed by atoms with Crippen molar-refractivity contribution in [3.8, 4) is 11.1 Å². The minimum Gasteiger partial charge on any atom is -0.298 e. The predicted molar refractivity (Wildman–Crippen MR) is 79.8 cm³/mol. The van der Waals surface area contributed by atoms with Crippen molar-refractivity contribution in [3.63, 3.8) is 0 Å². The van der Waals surface area contributed by atoms with E-state index in [0.29, 0.717) is 5.56 Å². The molecule has 19 heavy (non-hydrogen) atoms. The van der Waals surface area contributed by atoms with E-state index >= 15 is 0 Å². The van der Waals surface area contributed by atoms with E-state index in [4.69, 9.17) is 11.6 Å². The van der Waals surface area contributed by atoms with Crippen molar-refractivity contribution < 1.29 is 4.79 Å². The molecular formula is C17H11ClO. The molecule has 3 aromatic carbocycles. The average Bonchev–Trinajstić information content (AvgIpc) is 2.47. The van der Waals surface area contributed by atoms with Gasteiger partial charge in [0.25, 0.3) is 0 Å². The summed E-state index contributed by atoms with van der Waals surface area (Å²) in [6, 6.07) is 19.5. The minimum absolute atomic E-state index is 0.716. The topological polar surface area (TPSA) is 17.1 Å². The Morgan fingerprint density at radius 2 is 1.47 bits per heavy atom. The molecular weight excluding hydrogens is 256 g/mol. The monoisotopic (exact) mass is 266 g/mol. The third-order valence-corrected chi connectivity index (χ3v) is 3.49. The maximum atomic E-state index is 11.1. The molecule has 0 aliphatic carbocycles. The molecule has 0 heterocycles. The Morgan fingerprint density at radius 1 is 0.789 bits per heavy atom. The zero-order chi connectivity index (χ0) is 13.2. The molecule has 0 aliphatic heterocycles. The number of carbonyl (C=O) groups excluding carboxylic acids is 1. The van der Waals surface area contributed by atoms with Crippen LogP contribution in [0.15, 0.2) is 60.7 Å². The summed E-state index contributed by atoms with van der Waals surface area (Å²) < 4.78 is 0. The van der Waals surface area contributed by atoms with Gasteiger partial charge in [0.05, 0.1) is 0 Å². The number of halogens is 1. The van der Waals surface area contributed by atoms with E-state index in [1.54, 1.807) is 0 Å². The summed E-state index contributed by atoms with van der Waals surface area (Å²) in [4.78, 5) is 11.1. The molecule has 0 N–H and O–H groups in total. The van der Waals surface area contributed by atoms with Crippen molar-refractivity contribution in [2.75, 3.05) is 0 Å². The Labute approximate surface area is 116 Å². The molecule has 0 amide bonds. The van der Waals surface area contributed by atoms with E-state index in [0.717, 1.165) is 33.2 Å². The summed E-state index contributed by atoms with van der Waals surface area (Å²) in [5, 5.41) is 2.77. The van der Waals surface area contributed by atoms with Gasteiger partial charge in [0.15, 0.2) is 6.29 Å². The average molecular weight is 267 g/mol. The molecule has 92 valence electrons. The maximum absolute atomic E-state index is 11.1. The molecule has 0 fully saturated rings. The van der Waals surface area contributed by atoms with Gasteiger partial charge in [0.2, 0.25) is 0 Å². The number of carbonyl (C=O) groups is 1. The van der Waals surface area contributed by atoms with Crippen molar-refractivity contribution in [2.45, 2.75) is 0 Å². The second kappa shape index (κ2) is 4.87. The molecule has 2 heteroatoms. The first-order chi connectivity index (χ1) is 9.29. The summed E-state index contributed by atoms with van der Waals surface area (Å²) in [6.45, 7) is 0. The largest absolute Gasteiger partial charge is 0.298 e. The van der Waals surface area contributed by atoms with Crippen LogP contribution in [0.1, 0.15) is 10.4 Å². The molecule has 3 rings (SSSR count). The van der Waals surface area contributed by atoms with E-state index in [1.165, 1.54) is 0 Å². The molecule has 0 saturated carbocycles. The third kappa shape index (κ3) is 2.13. The van der Waals surface area contributed by atoms with Crippen LogP contribution in [0.2, 0.25) is 5.02 Å². The Kier molecular flexibility index (Phi) is 3.06. The summed E-state index contributed by atoms with van der Waals surface area (Å²) in [7, 11) is 0. The van der Waals surface area contributed by atoms with E-state index in [2.05, 4.69) is 0 Å². The highest BCUT2D eigenvalue weighted by Crippen LogP contribution is 2.30. The van der Waals surface area contributed by atoms with Crippen LogP contribution in [0.5, 0.6) is 0 Å². The lowest BCUT2D eigenvalue weighted by atomic mass is 9.95. The van der Waals surface area contributed by atoms with Gasteiger partial charge in [-0.05, 0) is 34.0 Å². The molecule has 0 bridgehead atoms. The van der Waals surface area contributed by atoms with Gasteiger partial charge < -0.3 is 0 Å². The summed E-state index contributed by atoms with van der Waals surface area (Å²) in [5.74, 6) is 0. The zero-order valence-corrected chi connectivity index (χ0v) is 10.9. The molecule has 0 unspecified atom stereocenters. The highest BCUT2D eigenvalue weighted by Gasteiger charge is 2.06. The second-order valence-corrected chi connectivity index (χ2v) is 4.81. The van der Waals surface area contributed by atoms with Gasteiger partial charge in [-0.2, -0.15) is 0 Å². The quantitative estimate of drug-likeness (QED) is 0.598. The first kappa shape index (κ1) is 11.9. The standard InChI is InChI=1S/C17H11ClO/c18-14-8-5-12(6-9-14)16-10-7-13(11-19)15-3-1-2-4-17(15)16/h1-11H. The predicted octanol–water partition coefficient (Wildman–Crippen LogP) is 4.97. The summed E-state index contributed by atoms with van der Waals surface area (Å²) in [5.41, 5.74) is 2.92. The van der Waals surface area contributed by atoms with Crippen LogP contribution < -0.4 is 0 Å². The van der Waals surface area contributed by atoms with Gasteiger partial charge in [-0.1, -0.05) is 60.1 Å². The Morgan fingerprint density at radius 3 is 2.16 bits per heavy atom. The first-order valence-corrected chi connectivity index (χ1v) is 6.40. The maximum Gasteiger partial charge on any atom is 0.150 e. The lowest BCUT2D eigenvalue weighted by Crippen LogP contribution is -1.87. The minimum atomic E-state index is 0.716. The molecule has 0 aromatic heterocycles. The number of benzene rings is 3. The van der Waals surface area contributed by atoms with Crippen molar-refractivity contribution >= 4 is 28.7 Å². The van der Waals surface area contributed by atoms with Gasteiger partial charge in [-0.3, -0.25) is 4.79 Å². The molecule has 0 radical (unpaired) electrons. The second-order valence-electron chi connectivity index (χ2n) is 4.37. The van der Waals surface area contributed by atoms with E-state index in [-0.39, 0.29) is 0 Å². The van der Waals surface area contributed by atoms with E-state index < -0.39 is 0 Å². The normalized spacial score (nSPS) is 10.6. The van der Waals surface area contributed by atoms with Gasteiger partial charge in [0, 0.05) is 10.6 Å². The van der Waals surface area contributed by atoms with Crippen LogP contribution in [0.25, 0.3) is 21.9 Å². The van der Waals surface area contributed by atoms with Crippen molar-refractivity contribution in [2.24, 2.45) is 0 Å². The molecule has 0 saturated heterocycles. The van der Waals surface area contributed by atoms with E-state index in [9.17, 15) is 4.79 Å². The first-order valence-electron chi connectivity index (χ1n) is 6.02. The molecule has 3 aromatic rings. The fraction of sp³-hybridized carbons (Fsp3) is 0. The van der Waals surface area contributed by atoms with Crippen LogP contribution in [0, 0.1) is 0 Å². The van der Waals surface area contributed by atoms with Crippen LogP contribution >= 0.6 is 11.6 Å². The van der Waals surface area contributed by atoms with Gasteiger partial charge in [-0.15, -0.1) is 0 Å². The zero-order valence-electron chi connectivity index (χ0n) is 10.1. The van der Waals surface area contributed by atoms with Crippen LogP contribution in [0.3, 0.4) is 0 Å². The third-order valence-electron chi connectivity index (χ3n) is 3.24. The van der Waals surface area contributed by atoms with Crippen LogP contribution in [-0.2, 0) is 0 Å².